The fourth-order valence-electron chi connectivity index (χ4n) is 1.82. The summed E-state index contributed by atoms with van der Waals surface area (Å²) in [5.41, 5.74) is 1.30. The maximum Gasteiger partial charge on any atom is 0.147 e. The lowest BCUT2D eigenvalue weighted by Gasteiger charge is -2.12. The van der Waals surface area contributed by atoms with Crippen molar-refractivity contribution in [3.63, 3.8) is 0 Å². The first-order chi connectivity index (χ1) is 9.63. The quantitative estimate of drug-likeness (QED) is 0.900. The Morgan fingerprint density at radius 1 is 1.10 bits per heavy atom. The Morgan fingerprint density at radius 3 is 2.55 bits per heavy atom. The number of anilines is 1. The van der Waals surface area contributed by atoms with Crippen molar-refractivity contribution in [2.75, 3.05) is 19.5 Å². The first-order valence-electron chi connectivity index (χ1n) is 6.04. The Bertz CT molecular complexity index is 604. The fraction of sp³-hybridized carbons (Fsp3) is 0.200. The van der Waals surface area contributed by atoms with E-state index in [2.05, 4.69) is 5.32 Å². The molecule has 0 fully saturated rings. The largest absolute Gasteiger partial charge is 0.497 e. The number of hydrogen-bond acceptors (Lipinski definition) is 3. The van der Waals surface area contributed by atoms with Gasteiger partial charge in [-0.15, -0.1) is 0 Å². The van der Waals surface area contributed by atoms with Gasteiger partial charge in [0.15, 0.2) is 0 Å². The van der Waals surface area contributed by atoms with Gasteiger partial charge in [0.05, 0.1) is 19.9 Å². The molecule has 0 aromatic heterocycles. The van der Waals surface area contributed by atoms with Crippen LogP contribution in [-0.2, 0) is 6.54 Å². The molecule has 0 aliphatic carbocycles. The summed E-state index contributed by atoms with van der Waals surface area (Å²) in [5, 5.41) is 3.38. The first-order valence-corrected chi connectivity index (χ1v) is 6.41. The number of rotatable bonds is 5. The van der Waals surface area contributed by atoms with Crippen molar-refractivity contribution in [1.29, 1.82) is 0 Å². The predicted molar refractivity (Wildman–Crippen MR) is 78.3 cm³/mol. The summed E-state index contributed by atoms with van der Waals surface area (Å²) >= 11 is 5.71. The van der Waals surface area contributed by atoms with Gasteiger partial charge in [0.2, 0.25) is 0 Å². The number of nitrogens with one attached hydrogen (secondary N) is 1. The number of methoxy groups -OCH3 is 2. The Hall–Kier alpha value is -1.94. The average Bonchev–Trinajstić information content (AvgIpc) is 2.46. The highest BCUT2D eigenvalue weighted by Gasteiger charge is 2.07. The molecular formula is C15H15ClFNO2. The van der Waals surface area contributed by atoms with Crippen molar-refractivity contribution in [1.82, 2.24) is 0 Å². The van der Waals surface area contributed by atoms with E-state index in [1.165, 1.54) is 6.07 Å². The molecule has 1 N–H and O–H groups in total. The zero-order valence-corrected chi connectivity index (χ0v) is 12.0. The molecular weight excluding hydrogens is 281 g/mol. The highest BCUT2D eigenvalue weighted by Crippen LogP contribution is 2.26. The zero-order chi connectivity index (χ0) is 14.5. The molecule has 0 saturated carbocycles. The maximum atomic E-state index is 13.7. The van der Waals surface area contributed by atoms with E-state index < -0.39 is 0 Å². The van der Waals surface area contributed by atoms with Gasteiger partial charge < -0.3 is 14.8 Å². The van der Waals surface area contributed by atoms with Crippen molar-refractivity contribution >= 4 is 17.3 Å². The van der Waals surface area contributed by atoms with Crippen LogP contribution in [0.2, 0.25) is 5.02 Å². The van der Waals surface area contributed by atoms with Crippen molar-refractivity contribution in [2.24, 2.45) is 0 Å². The predicted octanol–water partition coefficient (Wildman–Crippen LogP) is 4.11. The second-order valence-electron chi connectivity index (χ2n) is 4.16. The molecule has 2 rings (SSSR count). The van der Waals surface area contributed by atoms with Crippen molar-refractivity contribution in [2.45, 2.75) is 6.54 Å². The molecule has 0 radical (unpaired) electrons. The van der Waals surface area contributed by atoms with E-state index in [-0.39, 0.29) is 5.82 Å². The summed E-state index contributed by atoms with van der Waals surface area (Å²) in [6.07, 6.45) is 0. The van der Waals surface area contributed by atoms with E-state index >= 15 is 0 Å². The molecule has 0 heterocycles. The summed E-state index contributed by atoms with van der Waals surface area (Å²) in [7, 11) is 3.18. The summed E-state index contributed by atoms with van der Waals surface area (Å²) in [6.45, 7) is 0.436. The molecule has 0 aliphatic heterocycles. The monoisotopic (exact) mass is 295 g/mol. The van der Waals surface area contributed by atoms with E-state index in [0.29, 0.717) is 28.8 Å². The van der Waals surface area contributed by atoms with Gasteiger partial charge in [-0.05, 0) is 30.3 Å². The van der Waals surface area contributed by atoms with Crippen LogP contribution < -0.4 is 14.8 Å². The van der Waals surface area contributed by atoms with E-state index in [1.54, 1.807) is 32.4 Å². The molecule has 0 unspecified atom stereocenters. The summed E-state index contributed by atoms with van der Waals surface area (Å²) in [5.74, 6) is 1.01. The van der Waals surface area contributed by atoms with Crippen LogP contribution in [0.5, 0.6) is 11.5 Å². The Labute approximate surface area is 122 Å². The van der Waals surface area contributed by atoms with E-state index in [1.807, 2.05) is 12.1 Å². The molecule has 0 bridgehead atoms. The van der Waals surface area contributed by atoms with Gasteiger partial charge in [0.1, 0.15) is 17.3 Å². The molecule has 0 saturated heterocycles. The van der Waals surface area contributed by atoms with E-state index in [0.717, 1.165) is 5.56 Å². The minimum Gasteiger partial charge on any atom is -0.497 e. The molecule has 0 spiro atoms. The second kappa shape index (κ2) is 6.48. The number of hydrogen-bond donors (Lipinski definition) is 1. The molecule has 5 heteroatoms. The third kappa shape index (κ3) is 3.33. The second-order valence-corrected chi connectivity index (χ2v) is 4.59. The van der Waals surface area contributed by atoms with Gasteiger partial charge in [-0.3, -0.25) is 0 Å². The summed E-state index contributed by atoms with van der Waals surface area (Å²) in [6, 6.07) is 10.0. The smallest absolute Gasteiger partial charge is 0.147 e. The maximum absolute atomic E-state index is 13.7. The van der Waals surface area contributed by atoms with Gasteiger partial charge in [-0.25, -0.2) is 4.39 Å². The van der Waals surface area contributed by atoms with E-state index in [4.69, 9.17) is 21.1 Å². The molecule has 20 heavy (non-hydrogen) atoms. The number of halogens is 2. The van der Waals surface area contributed by atoms with Crippen LogP contribution in [0.1, 0.15) is 5.56 Å². The van der Waals surface area contributed by atoms with Crippen LogP contribution in [0.15, 0.2) is 36.4 Å². The molecule has 0 atom stereocenters. The van der Waals surface area contributed by atoms with Crippen molar-refractivity contribution in [3.05, 3.63) is 52.8 Å². The Kier molecular flexibility index (Phi) is 4.69. The van der Waals surface area contributed by atoms with Crippen LogP contribution in [0.25, 0.3) is 0 Å². The first kappa shape index (κ1) is 14.5. The van der Waals surface area contributed by atoms with Crippen LogP contribution >= 0.6 is 11.6 Å². The van der Waals surface area contributed by atoms with Gasteiger partial charge in [0.25, 0.3) is 0 Å². The topological polar surface area (TPSA) is 30.5 Å². The highest BCUT2D eigenvalue weighted by molar-refractivity contribution is 6.30. The molecule has 2 aromatic rings. The molecule has 2 aromatic carbocycles. The van der Waals surface area contributed by atoms with Crippen LogP contribution in [0.3, 0.4) is 0 Å². The van der Waals surface area contributed by atoms with Crippen LogP contribution in [0.4, 0.5) is 10.1 Å². The third-order valence-corrected chi connectivity index (χ3v) is 3.13. The van der Waals surface area contributed by atoms with Crippen LogP contribution in [-0.4, -0.2) is 14.2 Å². The Morgan fingerprint density at radius 2 is 1.90 bits per heavy atom. The lowest BCUT2D eigenvalue weighted by molar-refractivity contribution is 0.391. The van der Waals surface area contributed by atoms with Gasteiger partial charge in [0, 0.05) is 23.2 Å². The van der Waals surface area contributed by atoms with Crippen LogP contribution in [0, 0.1) is 5.82 Å². The molecule has 0 aliphatic rings. The third-order valence-electron chi connectivity index (χ3n) is 2.89. The molecule has 0 amide bonds. The SMILES string of the molecule is COc1ccc(CNc2ccc(Cl)cc2F)c(OC)c1. The van der Waals surface area contributed by atoms with Crippen molar-refractivity contribution in [3.8, 4) is 11.5 Å². The highest BCUT2D eigenvalue weighted by atomic mass is 35.5. The summed E-state index contributed by atoms with van der Waals surface area (Å²) in [4.78, 5) is 0. The summed E-state index contributed by atoms with van der Waals surface area (Å²) < 4.78 is 24.1. The lowest BCUT2D eigenvalue weighted by atomic mass is 10.2. The van der Waals surface area contributed by atoms with Gasteiger partial charge in [-0.1, -0.05) is 11.6 Å². The minimum atomic E-state index is -0.384. The van der Waals surface area contributed by atoms with Gasteiger partial charge >= 0.3 is 0 Å². The average molecular weight is 296 g/mol. The minimum absolute atomic E-state index is 0.370. The molecule has 106 valence electrons. The Balaban J connectivity index is 2.14. The van der Waals surface area contributed by atoms with Gasteiger partial charge in [-0.2, -0.15) is 0 Å². The van der Waals surface area contributed by atoms with E-state index in [9.17, 15) is 4.39 Å². The normalized spacial score (nSPS) is 10.2. The van der Waals surface area contributed by atoms with Crippen molar-refractivity contribution < 1.29 is 13.9 Å². The zero-order valence-electron chi connectivity index (χ0n) is 11.2. The molecule has 3 nitrogen and oxygen atoms in total. The standard InChI is InChI=1S/C15H15ClFNO2/c1-19-12-5-3-10(15(8-12)20-2)9-18-14-6-4-11(16)7-13(14)17/h3-8,18H,9H2,1-2H3. The lowest BCUT2D eigenvalue weighted by Crippen LogP contribution is -2.03. The number of benzene rings is 2. The number of ether oxygens (including phenoxy) is 2. The fourth-order valence-corrected chi connectivity index (χ4v) is 1.98.